The minimum absolute atomic E-state index is 0.0689. The average molecular weight is 368 g/mol. The van der Waals surface area contributed by atoms with Crippen LogP contribution in [0.4, 0.5) is 5.69 Å². The van der Waals surface area contributed by atoms with Crippen LogP contribution in [0, 0.1) is 0 Å². The summed E-state index contributed by atoms with van der Waals surface area (Å²) in [6.45, 7) is 4.32. The molecule has 1 rings (SSSR count). The second-order valence-corrected chi connectivity index (χ2v) is 6.12. The van der Waals surface area contributed by atoms with Crippen molar-refractivity contribution in [1.82, 2.24) is 0 Å². The van der Waals surface area contributed by atoms with Gasteiger partial charge in [0.1, 0.15) is 0 Å². The second-order valence-electron chi connectivity index (χ2n) is 5.56. The van der Waals surface area contributed by atoms with Gasteiger partial charge in [-0.25, -0.2) is 0 Å². The van der Waals surface area contributed by atoms with Crippen LogP contribution in [0.5, 0.6) is 0 Å². The zero-order valence-electron chi connectivity index (χ0n) is 13.6. The van der Waals surface area contributed by atoms with Gasteiger partial charge in [-0.15, -0.1) is 0 Å². The first kappa shape index (κ1) is 18.9. The number of halogens is 1. The molecule has 0 radical (unpaired) electrons. The van der Waals surface area contributed by atoms with Crippen molar-refractivity contribution in [1.29, 1.82) is 0 Å². The molecule has 0 saturated carbocycles. The maximum atomic E-state index is 12.1. The minimum atomic E-state index is -0.217. The number of Topliss-reactive ketones (excluding diaryl/α,β-unsaturated/α-hetero) is 1. The molecule has 0 unspecified atom stereocenters. The predicted molar refractivity (Wildman–Crippen MR) is 95.7 cm³/mol. The smallest absolute Gasteiger partial charge is 0.231 e. The van der Waals surface area contributed by atoms with E-state index < -0.39 is 0 Å². The summed E-state index contributed by atoms with van der Waals surface area (Å²) in [5, 5.41) is 3.20. The Kier molecular flexibility index (Phi) is 9.05. The Morgan fingerprint density at radius 2 is 1.59 bits per heavy atom. The average Bonchev–Trinajstić information content (AvgIpc) is 2.52. The highest BCUT2D eigenvalue weighted by molar-refractivity contribution is 9.09. The number of carbonyl (C=O) groups is 2. The molecule has 0 aliphatic rings. The van der Waals surface area contributed by atoms with Crippen LogP contribution in [0.3, 0.4) is 0 Å². The Morgan fingerprint density at radius 3 is 2.05 bits per heavy atom. The number of anilines is 1. The molecule has 22 heavy (non-hydrogen) atoms. The summed E-state index contributed by atoms with van der Waals surface area (Å²) in [4.78, 5) is 23.5. The number of benzene rings is 1. The summed E-state index contributed by atoms with van der Waals surface area (Å²) in [7, 11) is 0. The number of nitrogens with one attached hydrogen (secondary N) is 1. The van der Waals surface area contributed by atoms with Crippen molar-refractivity contribution in [2.45, 2.75) is 58.8 Å². The molecule has 0 aromatic heterocycles. The maximum absolute atomic E-state index is 12.1. The number of hydrogen-bond donors (Lipinski definition) is 1. The van der Waals surface area contributed by atoms with Crippen molar-refractivity contribution >= 4 is 33.3 Å². The lowest BCUT2D eigenvalue weighted by Crippen LogP contribution is -2.19. The monoisotopic (exact) mass is 367 g/mol. The summed E-state index contributed by atoms with van der Waals surface area (Å²) in [5.41, 5.74) is 3.28. The number of carbonyl (C=O) groups excluding carboxylic acids is 2. The molecule has 3 nitrogen and oxygen atoms in total. The molecular weight excluding hydrogens is 342 g/mol. The molecule has 0 aliphatic heterocycles. The molecule has 122 valence electrons. The fourth-order valence-electron chi connectivity index (χ4n) is 2.37. The molecule has 1 amide bonds. The zero-order chi connectivity index (χ0) is 16.4. The number of alkyl halides is 1. The van der Waals surface area contributed by atoms with Crippen molar-refractivity contribution in [3.8, 4) is 0 Å². The molecule has 1 aromatic carbocycles. The Labute approximate surface area is 142 Å². The first-order valence-corrected chi connectivity index (χ1v) is 9.22. The summed E-state index contributed by atoms with van der Waals surface area (Å²) in [6, 6.07) is 6.22. The van der Waals surface area contributed by atoms with E-state index in [9.17, 15) is 9.59 Å². The van der Waals surface area contributed by atoms with E-state index in [0.717, 1.165) is 44.2 Å². The van der Waals surface area contributed by atoms with Crippen LogP contribution < -0.4 is 5.32 Å². The van der Waals surface area contributed by atoms with Crippen LogP contribution in [-0.4, -0.2) is 17.0 Å². The largest absolute Gasteiger partial charge is 0.325 e. The predicted octanol–water partition coefficient (Wildman–Crippen LogP) is 4.66. The lowest BCUT2D eigenvalue weighted by Gasteiger charge is -2.16. The van der Waals surface area contributed by atoms with Crippen LogP contribution in [-0.2, 0) is 22.4 Å². The van der Waals surface area contributed by atoms with Crippen molar-refractivity contribution < 1.29 is 9.59 Å². The van der Waals surface area contributed by atoms with Gasteiger partial charge in [-0.05, 0) is 36.8 Å². The van der Waals surface area contributed by atoms with Gasteiger partial charge in [-0.1, -0.05) is 60.8 Å². The maximum Gasteiger partial charge on any atom is 0.231 e. The molecule has 4 heteroatoms. The van der Waals surface area contributed by atoms with Gasteiger partial charge >= 0.3 is 0 Å². The summed E-state index contributed by atoms with van der Waals surface area (Å²) < 4.78 is 0. The second kappa shape index (κ2) is 10.5. The van der Waals surface area contributed by atoms with E-state index in [1.165, 1.54) is 11.1 Å². The molecule has 0 fully saturated rings. The third-order valence-electron chi connectivity index (χ3n) is 3.61. The van der Waals surface area contributed by atoms with E-state index in [2.05, 4.69) is 53.3 Å². The van der Waals surface area contributed by atoms with Gasteiger partial charge in [0.25, 0.3) is 0 Å². The number of para-hydroxylation sites is 1. The highest BCUT2D eigenvalue weighted by Crippen LogP contribution is 2.25. The standard InChI is InChI=1S/C18H26BrNO2/c1-3-5-8-14-10-7-11-15(9-6-4-2)18(14)20-17(22)12-16(21)13-19/h7,10-11H,3-6,8-9,12-13H2,1-2H3,(H,20,22). The van der Waals surface area contributed by atoms with E-state index in [0.29, 0.717) is 0 Å². The van der Waals surface area contributed by atoms with Crippen LogP contribution in [0.25, 0.3) is 0 Å². The molecule has 0 atom stereocenters. The minimum Gasteiger partial charge on any atom is -0.325 e. The molecule has 1 N–H and O–H groups in total. The van der Waals surface area contributed by atoms with Gasteiger partial charge in [-0.2, -0.15) is 0 Å². The van der Waals surface area contributed by atoms with E-state index in [-0.39, 0.29) is 23.4 Å². The van der Waals surface area contributed by atoms with Gasteiger partial charge in [0.2, 0.25) is 5.91 Å². The lowest BCUT2D eigenvalue weighted by molar-refractivity contribution is -0.123. The van der Waals surface area contributed by atoms with E-state index in [1.54, 1.807) is 0 Å². The van der Waals surface area contributed by atoms with Crippen LogP contribution in [0.15, 0.2) is 18.2 Å². The third kappa shape index (κ3) is 6.30. The number of rotatable bonds is 10. The first-order chi connectivity index (χ1) is 10.6. The highest BCUT2D eigenvalue weighted by Gasteiger charge is 2.13. The van der Waals surface area contributed by atoms with E-state index in [1.807, 2.05) is 0 Å². The van der Waals surface area contributed by atoms with E-state index in [4.69, 9.17) is 0 Å². The van der Waals surface area contributed by atoms with Crippen molar-refractivity contribution in [3.05, 3.63) is 29.3 Å². The summed E-state index contributed by atoms with van der Waals surface area (Å²) >= 11 is 3.10. The molecule has 0 saturated heterocycles. The topological polar surface area (TPSA) is 46.2 Å². The number of ketones is 1. The SMILES string of the molecule is CCCCc1cccc(CCCC)c1NC(=O)CC(=O)CBr. The summed E-state index contributed by atoms with van der Waals surface area (Å²) in [5.74, 6) is -0.315. The van der Waals surface area contributed by atoms with Crippen molar-refractivity contribution in [2.24, 2.45) is 0 Å². The van der Waals surface area contributed by atoms with Crippen LogP contribution >= 0.6 is 15.9 Å². The molecule has 0 bridgehead atoms. The third-order valence-corrected chi connectivity index (χ3v) is 4.23. The fourth-order valence-corrected chi connectivity index (χ4v) is 2.57. The van der Waals surface area contributed by atoms with Crippen molar-refractivity contribution in [2.75, 3.05) is 10.6 Å². The molecule has 1 aromatic rings. The summed E-state index contributed by atoms with van der Waals surface area (Å²) in [6.07, 6.45) is 6.28. The number of aryl methyl sites for hydroxylation is 2. The molecule has 0 heterocycles. The molecule has 0 spiro atoms. The number of amides is 1. The van der Waals surface area contributed by atoms with Gasteiger partial charge in [-0.3, -0.25) is 9.59 Å². The number of hydrogen-bond acceptors (Lipinski definition) is 2. The Morgan fingerprint density at radius 1 is 1.05 bits per heavy atom. The van der Waals surface area contributed by atoms with Crippen LogP contribution in [0.1, 0.15) is 57.1 Å². The zero-order valence-corrected chi connectivity index (χ0v) is 15.2. The Bertz CT molecular complexity index is 474. The Balaban J connectivity index is 2.94. The normalized spacial score (nSPS) is 10.5. The van der Waals surface area contributed by atoms with Gasteiger partial charge in [0.05, 0.1) is 11.8 Å². The lowest BCUT2D eigenvalue weighted by atomic mass is 9.98. The quantitative estimate of drug-likeness (QED) is 0.482. The Hall–Kier alpha value is -1.16. The van der Waals surface area contributed by atoms with E-state index >= 15 is 0 Å². The molecular formula is C18H26BrNO2. The highest BCUT2D eigenvalue weighted by atomic mass is 79.9. The van der Waals surface area contributed by atoms with Gasteiger partial charge < -0.3 is 5.32 Å². The number of unbranched alkanes of at least 4 members (excludes halogenated alkanes) is 2. The fraction of sp³-hybridized carbons (Fsp3) is 0.556. The van der Waals surface area contributed by atoms with Crippen molar-refractivity contribution in [3.63, 3.8) is 0 Å². The van der Waals surface area contributed by atoms with Gasteiger partial charge in [0, 0.05) is 5.69 Å². The first-order valence-electron chi connectivity index (χ1n) is 8.10. The molecule has 0 aliphatic carbocycles. The van der Waals surface area contributed by atoms with Gasteiger partial charge in [0.15, 0.2) is 5.78 Å². The van der Waals surface area contributed by atoms with Crippen LogP contribution in [0.2, 0.25) is 0 Å².